The van der Waals surface area contributed by atoms with Gasteiger partial charge in [-0.05, 0) is 62.1 Å². The topological polar surface area (TPSA) is 71.3 Å². The van der Waals surface area contributed by atoms with Crippen LogP contribution in [-0.2, 0) is 22.6 Å². The molecule has 1 saturated heterocycles. The van der Waals surface area contributed by atoms with Crippen molar-refractivity contribution in [3.05, 3.63) is 71.3 Å². The number of likely N-dealkylation sites (N-methyl/N-ethyl adjacent to an activating group) is 1. The van der Waals surface area contributed by atoms with E-state index < -0.39 is 6.04 Å². The number of carbonyl (C=O) groups excluding carboxylic acids is 2. The summed E-state index contributed by atoms with van der Waals surface area (Å²) in [5.74, 6) is -0.0593. The molecular weight excluding hydrogens is 414 g/mol. The third-order valence-electron chi connectivity index (χ3n) is 6.68. The number of benzene rings is 1. The van der Waals surface area contributed by atoms with Gasteiger partial charge < -0.3 is 9.80 Å². The lowest BCUT2D eigenvalue weighted by molar-refractivity contribution is -0.151. The van der Waals surface area contributed by atoms with Gasteiger partial charge in [0.2, 0.25) is 11.8 Å². The molecule has 0 unspecified atom stereocenters. The average molecular weight is 446 g/mol. The fraction of sp³-hybridized carbons (Fsp3) is 0.385. The second-order valence-electron chi connectivity index (χ2n) is 8.61. The number of carbonyl (C=O) groups is 2. The Balaban J connectivity index is 1.59. The summed E-state index contributed by atoms with van der Waals surface area (Å²) in [6, 6.07) is 11.6. The monoisotopic (exact) mass is 445 g/mol. The van der Waals surface area contributed by atoms with E-state index in [4.69, 9.17) is 0 Å². The number of aromatic nitrogens is 3. The summed E-state index contributed by atoms with van der Waals surface area (Å²) in [4.78, 5) is 34.3. The molecule has 7 nitrogen and oxygen atoms in total. The van der Waals surface area contributed by atoms with Gasteiger partial charge in [0.25, 0.3) is 0 Å². The highest BCUT2D eigenvalue weighted by Crippen LogP contribution is 2.23. The van der Waals surface area contributed by atoms with E-state index in [2.05, 4.69) is 16.1 Å². The van der Waals surface area contributed by atoms with Gasteiger partial charge >= 0.3 is 0 Å². The Morgan fingerprint density at radius 1 is 1.06 bits per heavy atom. The highest BCUT2D eigenvalue weighted by molar-refractivity contribution is 5.89. The van der Waals surface area contributed by atoms with Crippen LogP contribution in [0.25, 0.3) is 11.1 Å². The van der Waals surface area contributed by atoms with Crippen LogP contribution in [0.1, 0.15) is 29.4 Å². The Kier molecular flexibility index (Phi) is 6.58. The summed E-state index contributed by atoms with van der Waals surface area (Å²) in [5, 5.41) is 4.52. The lowest BCUT2D eigenvalue weighted by Crippen LogP contribution is -2.59. The number of hydrogen-bond acceptors (Lipinski definition) is 4. The van der Waals surface area contributed by atoms with Crippen molar-refractivity contribution in [1.82, 2.24) is 24.6 Å². The summed E-state index contributed by atoms with van der Waals surface area (Å²) >= 11 is 0. The first-order chi connectivity index (χ1) is 15.9. The lowest BCUT2D eigenvalue weighted by atomic mass is 9.97. The smallest absolute Gasteiger partial charge is 0.245 e. The van der Waals surface area contributed by atoms with Crippen LogP contribution in [0.15, 0.2) is 48.8 Å². The molecule has 1 aromatic carbocycles. The molecule has 0 N–H and O–H groups in total. The van der Waals surface area contributed by atoms with Crippen LogP contribution < -0.4 is 0 Å². The Morgan fingerprint density at radius 3 is 2.48 bits per heavy atom. The van der Waals surface area contributed by atoms with Crippen LogP contribution in [0, 0.1) is 20.8 Å². The maximum Gasteiger partial charge on any atom is 0.245 e. The van der Waals surface area contributed by atoms with Gasteiger partial charge in [-0.3, -0.25) is 19.3 Å². The van der Waals surface area contributed by atoms with Crippen LogP contribution in [-0.4, -0.2) is 62.1 Å². The van der Waals surface area contributed by atoms with E-state index in [9.17, 15) is 9.59 Å². The van der Waals surface area contributed by atoms with E-state index >= 15 is 0 Å². The highest BCUT2D eigenvalue weighted by atomic mass is 16.2. The number of hydrogen-bond donors (Lipinski definition) is 0. The maximum absolute atomic E-state index is 13.4. The molecule has 2 aromatic heterocycles. The van der Waals surface area contributed by atoms with E-state index in [0.29, 0.717) is 26.1 Å². The first-order valence-corrected chi connectivity index (χ1v) is 11.5. The highest BCUT2D eigenvalue weighted by Gasteiger charge is 2.37. The van der Waals surface area contributed by atoms with Crippen molar-refractivity contribution in [2.75, 3.05) is 19.6 Å². The average Bonchev–Trinajstić information content (AvgIpc) is 3.07. The van der Waals surface area contributed by atoms with Gasteiger partial charge in [-0.25, -0.2) is 0 Å². The molecule has 7 heteroatoms. The molecule has 1 atom stereocenters. The summed E-state index contributed by atoms with van der Waals surface area (Å²) < 4.78 is 1.75. The van der Waals surface area contributed by atoms with E-state index in [-0.39, 0.29) is 18.4 Å². The third-order valence-corrected chi connectivity index (χ3v) is 6.68. The Labute approximate surface area is 195 Å². The van der Waals surface area contributed by atoms with Crippen LogP contribution in [0.5, 0.6) is 0 Å². The molecule has 0 bridgehead atoms. The Hall–Kier alpha value is -3.48. The van der Waals surface area contributed by atoms with E-state index in [1.54, 1.807) is 22.0 Å². The quantitative estimate of drug-likeness (QED) is 0.584. The lowest BCUT2D eigenvalue weighted by Gasteiger charge is -2.40. The second kappa shape index (κ2) is 9.57. The van der Waals surface area contributed by atoms with Crippen LogP contribution >= 0.6 is 0 Å². The Morgan fingerprint density at radius 2 is 1.82 bits per heavy atom. The van der Waals surface area contributed by atoms with E-state index in [1.807, 2.05) is 62.9 Å². The molecule has 0 radical (unpaired) electrons. The van der Waals surface area contributed by atoms with Crippen molar-refractivity contribution >= 4 is 11.8 Å². The zero-order chi connectivity index (χ0) is 23.5. The number of amides is 2. The second-order valence-corrected chi connectivity index (χ2v) is 8.61. The predicted octanol–water partition coefficient (Wildman–Crippen LogP) is 3.17. The summed E-state index contributed by atoms with van der Waals surface area (Å²) in [7, 11) is 0. The van der Waals surface area contributed by atoms with Crippen molar-refractivity contribution in [2.45, 2.75) is 46.7 Å². The van der Waals surface area contributed by atoms with Gasteiger partial charge in [0.05, 0.1) is 5.69 Å². The van der Waals surface area contributed by atoms with Crippen LogP contribution in [0.2, 0.25) is 0 Å². The summed E-state index contributed by atoms with van der Waals surface area (Å²) in [6.45, 7) is 9.81. The van der Waals surface area contributed by atoms with Crippen molar-refractivity contribution in [3.8, 4) is 11.1 Å². The molecule has 3 aromatic rings. The van der Waals surface area contributed by atoms with Gasteiger partial charge in [0.15, 0.2) is 0 Å². The summed E-state index contributed by atoms with van der Waals surface area (Å²) in [5.41, 5.74) is 6.18. The van der Waals surface area contributed by atoms with E-state index in [1.165, 1.54) is 0 Å². The molecule has 1 fully saturated rings. The standard InChI is InChI=1S/C26H31N5O2/c1-5-29-13-14-30(25(32)17-31-20(4)18(2)19(3)28-31)24(26(29)33)16-21-7-6-8-23(15-21)22-9-11-27-12-10-22/h6-12,15,24H,5,13-14,16-17H2,1-4H3/t24-/m1/s1. The number of piperazine rings is 1. The molecule has 0 saturated carbocycles. The minimum absolute atomic E-state index is 0.0102. The van der Waals surface area contributed by atoms with Gasteiger partial charge in [-0.1, -0.05) is 24.3 Å². The number of aryl methyl sites for hydroxylation is 1. The molecule has 1 aliphatic heterocycles. The minimum Gasteiger partial charge on any atom is -0.339 e. The number of pyridine rings is 1. The van der Waals surface area contributed by atoms with Crippen molar-refractivity contribution in [2.24, 2.45) is 0 Å². The van der Waals surface area contributed by atoms with Crippen LogP contribution in [0.4, 0.5) is 0 Å². The van der Waals surface area contributed by atoms with E-state index in [0.717, 1.165) is 33.6 Å². The zero-order valence-corrected chi connectivity index (χ0v) is 19.8. The van der Waals surface area contributed by atoms with Crippen molar-refractivity contribution in [3.63, 3.8) is 0 Å². The maximum atomic E-state index is 13.4. The fourth-order valence-electron chi connectivity index (χ4n) is 4.45. The zero-order valence-electron chi connectivity index (χ0n) is 19.8. The first-order valence-electron chi connectivity index (χ1n) is 11.5. The van der Waals surface area contributed by atoms with Crippen molar-refractivity contribution in [1.29, 1.82) is 0 Å². The van der Waals surface area contributed by atoms with Crippen LogP contribution in [0.3, 0.4) is 0 Å². The third kappa shape index (κ3) is 4.67. The molecule has 3 heterocycles. The molecule has 172 valence electrons. The number of rotatable bonds is 6. The normalized spacial score (nSPS) is 16.4. The van der Waals surface area contributed by atoms with Crippen molar-refractivity contribution < 1.29 is 9.59 Å². The predicted molar refractivity (Wildman–Crippen MR) is 128 cm³/mol. The molecule has 33 heavy (non-hydrogen) atoms. The van der Waals surface area contributed by atoms with Gasteiger partial charge in [-0.2, -0.15) is 5.10 Å². The molecular formula is C26H31N5O2. The largest absolute Gasteiger partial charge is 0.339 e. The number of nitrogens with zero attached hydrogens (tertiary/aromatic N) is 5. The molecule has 0 aliphatic carbocycles. The Bertz CT molecular complexity index is 1150. The van der Waals surface area contributed by atoms with Gasteiger partial charge in [0, 0.05) is 44.1 Å². The molecule has 4 rings (SSSR count). The summed E-state index contributed by atoms with van der Waals surface area (Å²) in [6.07, 6.45) is 4.02. The van der Waals surface area contributed by atoms with Gasteiger partial charge in [-0.15, -0.1) is 0 Å². The minimum atomic E-state index is -0.517. The molecule has 1 aliphatic rings. The molecule has 2 amide bonds. The SMILES string of the molecule is CCN1CCN(C(=O)Cn2nc(C)c(C)c2C)[C@H](Cc2cccc(-c3ccncc3)c2)C1=O. The molecule has 0 spiro atoms. The fourth-order valence-corrected chi connectivity index (χ4v) is 4.45. The van der Waals surface area contributed by atoms with Gasteiger partial charge in [0.1, 0.15) is 12.6 Å². The first kappa shape index (κ1) is 22.7.